The fourth-order valence-corrected chi connectivity index (χ4v) is 4.23. The monoisotopic (exact) mass is 464 g/mol. The van der Waals surface area contributed by atoms with E-state index in [1.807, 2.05) is 18.2 Å². The van der Waals surface area contributed by atoms with Crippen LogP contribution in [0.4, 0.5) is 10.5 Å². The molecule has 0 aliphatic carbocycles. The number of phenols is 1. The highest BCUT2D eigenvalue weighted by atomic mass is 16.3. The number of carbonyl (C=O) groups excluding carboxylic acids is 4. The molecule has 2 aliphatic rings. The quantitative estimate of drug-likeness (QED) is 0.518. The Labute approximate surface area is 197 Å². The molecule has 4 rings (SSSR count). The summed E-state index contributed by atoms with van der Waals surface area (Å²) < 4.78 is 0. The molecule has 1 atom stereocenters. The Kier molecular flexibility index (Phi) is 6.03. The lowest BCUT2D eigenvalue weighted by molar-refractivity contribution is -0.136. The Morgan fingerprint density at radius 3 is 2.65 bits per heavy atom. The summed E-state index contributed by atoms with van der Waals surface area (Å²) in [4.78, 5) is 50.2. The number of carbonyl (C=O) groups is 4. The maximum absolute atomic E-state index is 12.8. The summed E-state index contributed by atoms with van der Waals surface area (Å²) >= 11 is 0. The van der Waals surface area contributed by atoms with E-state index in [-0.39, 0.29) is 48.9 Å². The third-order valence-corrected chi connectivity index (χ3v) is 6.20. The minimum atomic E-state index is -0.756. The number of anilines is 1. The Bertz CT molecular complexity index is 1180. The molecule has 4 N–H and O–H groups in total. The van der Waals surface area contributed by atoms with Gasteiger partial charge in [-0.05, 0) is 35.6 Å². The molecule has 2 aliphatic heterocycles. The highest BCUT2D eigenvalue weighted by Crippen LogP contribution is 2.35. The molecule has 0 bridgehead atoms. The van der Waals surface area contributed by atoms with Crippen molar-refractivity contribution in [2.24, 2.45) is 0 Å². The number of imide groups is 1. The van der Waals surface area contributed by atoms with Gasteiger partial charge in [-0.3, -0.25) is 19.7 Å². The second-order valence-electron chi connectivity index (χ2n) is 9.64. The van der Waals surface area contributed by atoms with Crippen molar-refractivity contribution in [2.75, 3.05) is 5.32 Å². The molecule has 1 unspecified atom stereocenters. The first-order valence-electron chi connectivity index (χ1n) is 11.2. The molecule has 34 heavy (non-hydrogen) atoms. The van der Waals surface area contributed by atoms with E-state index in [1.54, 1.807) is 18.2 Å². The van der Waals surface area contributed by atoms with E-state index in [2.05, 4.69) is 36.7 Å². The maximum atomic E-state index is 12.8. The van der Waals surface area contributed by atoms with Gasteiger partial charge in [-0.2, -0.15) is 0 Å². The largest absolute Gasteiger partial charge is 0.507 e. The lowest BCUT2D eigenvalue weighted by atomic mass is 9.87. The first kappa shape index (κ1) is 23.3. The van der Waals surface area contributed by atoms with Gasteiger partial charge in [0.1, 0.15) is 11.8 Å². The molecule has 2 heterocycles. The topological polar surface area (TPSA) is 128 Å². The zero-order chi connectivity index (χ0) is 24.6. The van der Waals surface area contributed by atoms with Gasteiger partial charge in [0.15, 0.2) is 0 Å². The van der Waals surface area contributed by atoms with E-state index in [0.717, 1.165) is 5.56 Å². The summed E-state index contributed by atoms with van der Waals surface area (Å²) in [6, 6.07) is 9.60. The van der Waals surface area contributed by atoms with Crippen LogP contribution in [-0.2, 0) is 28.1 Å². The molecule has 0 saturated carbocycles. The minimum absolute atomic E-state index is 0.0521. The number of piperidine rings is 1. The fourth-order valence-electron chi connectivity index (χ4n) is 4.23. The number of aromatic hydroxyl groups is 1. The molecule has 1 fully saturated rings. The third-order valence-electron chi connectivity index (χ3n) is 6.20. The molecule has 0 spiro atoms. The van der Waals surface area contributed by atoms with Crippen LogP contribution < -0.4 is 16.0 Å². The van der Waals surface area contributed by atoms with Gasteiger partial charge in [0.05, 0.1) is 6.54 Å². The van der Waals surface area contributed by atoms with Crippen LogP contribution in [0.3, 0.4) is 0 Å². The molecular weight excluding hydrogens is 436 g/mol. The van der Waals surface area contributed by atoms with E-state index in [0.29, 0.717) is 22.4 Å². The van der Waals surface area contributed by atoms with Crippen LogP contribution in [0.2, 0.25) is 0 Å². The molecule has 0 radical (unpaired) electrons. The lowest BCUT2D eigenvalue weighted by Crippen LogP contribution is -2.52. The molecule has 2 aromatic rings. The Morgan fingerprint density at radius 2 is 1.94 bits per heavy atom. The van der Waals surface area contributed by atoms with E-state index in [4.69, 9.17) is 0 Å². The molecule has 5 amide bonds. The number of fused-ring (bicyclic) bond motifs is 1. The highest BCUT2D eigenvalue weighted by Gasteiger charge is 2.40. The van der Waals surface area contributed by atoms with Gasteiger partial charge >= 0.3 is 6.03 Å². The van der Waals surface area contributed by atoms with E-state index in [1.165, 1.54) is 4.90 Å². The first-order chi connectivity index (χ1) is 16.0. The Balaban J connectivity index is 1.42. The van der Waals surface area contributed by atoms with Crippen LogP contribution >= 0.6 is 0 Å². The zero-order valence-corrected chi connectivity index (χ0v) is 19.4. The SMILES string of the molecule is CC(C)(C)c1cccc(NC(=O)NCc2ccc3c(c2O)CN(C2CCC(=O)NC2=O)C3=O)c1. The van der Waals surface area contributed by atoms with Gasteiger partial charge < -0.3 is 20.6 Å². The number of nitrogens with one attached hydrogen (secondary N) is 3. The number of phenolic OH excluding ortho intramolecular Hbond substituents is 1. The molecule has 1 saturated heterocycles. The number of hydrogen-bond acceptors (Lipinski definition) is 5. The number of hydrogen-bond donors (Lipinski definition) is 4. The molecule has 9 heteroatoms. The summed E-state index contributed by atoms with van der Waals surface area (Å²) in [6.45, 7) is 6.39. The average molecular weight is 465 g/mol. The maximum Gasteiger partial charge on any atom is 0.319 e. The fraction of sp³-hybridized carbons (Fsp3) is 0.360. The van der Waals surface area contributed by atoms with Crippen LogP contribution in [0.25, 0.3) is 0 Å². The van der Waals surface area contributed by atoms with Crippen LogP contribution in [0.5, 0.6) is 5.75 Å². The average Bonchev–Trinajstić information content (AvgIpc) is 3.10. The molecule has 2 aromatic carbocycles. The molecule has 0 aromatic heterocycles. The molecule has 9 nitrogen and oxygen atoms in total. The van der Waals surface area contributed by atoms with Gasteiger partial charge in [-0.15, -0.1) is 0 Å². The van der Waals surface area contributed by atoms with Crippen molar-refractivity contribution in [3.63, 3.8) is 0 Å². The Morgan fingerprint density at radius 1 is 1.18 bits per heavy atom. The van der Waals surface area contributed by atoms with Crippen molar-refractivity contribution in [1.82, 2.24) is 15.5 Å². The van der Waals surface area contributed by atoms with Crippen molar-refractivity contribution < 1.29 is 24.3 Å². The molecule has 178 valence electrons. The second-order valence-corrected chi connectivity index (χ2v) is 9.64. The predicted molar refractivity (Wildman–Crippen MR) is 125 cm³/mol. The summed E-state index contributed by atoms with van der Waals surface area (Å²) in [5, 5.41) is 18.6. The highest BCUT2D eigenvalue weighted by molar-refractivity contribution is 6.05. The third kappa shape index (κ3) is 4.59. The van der Waals surface area contributed by atoms with E-state index < -0.39 is 18.0 Å². The zero-order valence-electron chi connectivity index (χ0n) is 19.4. The van der Waals surface area contributed by atoms with Crippen molar-refractivity contribution in [3.05, 3.63) is 58.7 Å². The van der Waals surface area contributed by atoms with Crippen molar-refractivity contribution >= 4 is 29.4 Å². The summed E-state index contributed by atoms with van der Waals surface area (Å²) in [7, 11) is 0. The van der Waals surface area contributed by atoms with Crippen LogP contribution in [0.15, 0.2) is 36.4 Å². The van der Waals surface area contributed by atoms with Gasteiger partial charge in [0.2, 0.25) is 11.8 Å². The van der Waals surface area contributed by atoms with Crippen molar-refractivity contribution in [3.8, 4) is 5.75 Å². The van der Waals surface area contributed by atoms with Crippen LogP contribution in [0.1, 0.15) is 60.7 Å². The van der Waals surface area contributed by atoms with E-state index >= 15 is 0 Å². The van der Waals surface area contributed by atoms with Crippen LogP contribution in [-0.4, -0.2) is 39.8 Å². The number of nitrogens with zero attached hydrogens (tertiary/aromatic N) is 1. The van der Waals surface area contributed by atoms with Gasteiger partial charge in [-0.1, -0.05) is 39.0 Å². The number of amides is 5. The summed E-state index contributed by atoms with van der Waals surface area (Å²) in [5.74, 6) is -1.32. The standard InChI is InChI=1S/C25H28N4O5/c1-25(2,3)15-5-4-6-16(11-15)27-24(34)26-12-14-7-8-17-18(21(14)31)13-29(23(17)33)19-9-10-20(30)28-22(19)32/h4-8,11,19,31H,9-10,12-13H2,1-3H3,(H2,26,27,34)(H,28,30,32). The number of benzene rings is 2. The van der Waals surface area contributed by atoms with Crippen LogP contribution in [0, 0.1) is 0 Å². The normalized spacial score (nSPS) is 17.9. The van der Waals surface area contributed by atoms with Crippen molar-refractivity contribution in [1.29, 1.82) is 0 Å². The smallest absolute Gasteiger partial charge is 0.319 e. The Hall–Kier alpha value is -3.88. The number of urea groups is 1. The molecular formula is C25H28N4O5. The second kappa shape index (κ2) is 8.81. The van der Waals surface area contributed by atoms with E-state index in [9.17, 15) is 24.3 Å². The van der Waals surface area contributed by atoms with Crippen molar-refractivity contribution in [2.45, 2.75) is 58.2 Å². The van der Waals surface area contributed by atoms with Gasteiger partial charge in [0.25, 0.3) is 5.91 Å². The minimum Gasteiger partial charge on any atom is -0.507 e. The predicted octanol–water partition coefficient (Wildman–Crippen LogP) is 2.77. The summed E-state index contributed by atoms with van der Waals surface area (Å²) in [6.07, 6.45) is 0.404. The first-order valence-corrected chi connectivity index (χ1v) is 11.2. The van der Waals surface area contributed by atoms with Gasteiger partial charge in [-0.25, -0.2) is 4.79 Å². The summed E-state index contributed by atoms with van der Waals surface area (Å²) in [5.41, 5.74) is 2.88. The lowest BCUT2D eigenvalue weighted by Gasteiger charge is -2.29. The number of rotatable bonds is 4. The van der Waals surface area contributed by atoms with Gasteiger partial charge in [0, 0.05) is 35.3 Å².